The van der Waals surface area contributed by atoms with Crippen LogP contribution in [0.1, 0.15) is 18.7 Å². The van der Waals surface area contributed by atoms with Crippen LogP contribution in [-0.4, -0.2) is 38.9 Å². The van der Waals surface area contributed by atoms with Crippen molar-refractivity contribution in [3.8, 4) is 0 Å². The van der Waals surface area contributed by atoms with Gasteiger partial charge in [0.05, 0.1) is 13.0 Å². The van der Waals surface area contributed by atoms with Gasteiger partial charge in [0.25, 0.3) is 0 Å². The van der Waals surface area contributed by atoms with Gasteiger partial charge in [0.15, 0.2) is 0 Å². The van der Waals surface area contributed by atoms with E-state index in [1.165, 1.54) is 4.90 Å². The number of aromatic nitrogens is 2. The average Bonchev–Trinajstić information content (AvgIpc) is 2.66. The summed E-state index contributed by atoms with van der Waals surface area (Å²) < 4.78 is 0. The summed E-state index contributed by atoms with van der Waals surface area (Å²) in [7, 11) is 1.62. The molecule has 1 aromatic heterocycles. The molecule has 0 aliphatic carbocycles. The summed E-state index contributed by atoms with van der Waals surface area (Å²) in [6, 6.07) is 0. The number of nitrogens with zero attached hydrogens (tertiary/aromatic N) is 2. The van der Waals surface area contributed by atoms with E-state index in [-0.39, 0.29) is 18.7 Å². The summed E-state index contributed by atoms with van der Waals surface area (Å²) in [4.78, 5) is 29.9. The maximum Gasteiger partial charge on any atom is 0.303 e. The number of aliphatic carboxylic acids is 1. The van der Waals surface area contributed by atoms with E-state index in [1.54, 1.807) is 19.4 Å². The zero-order chi connectivity index (χ0) is 11.3. The zero-order valence-corrected chi connectivity index (χ0v) is 8.43. The molecule has 0 saturated carbocycles. The first kappa shape index (κ1) is 11.2. The molecule has 0 saturated heterocycles. The van der Waals surface area contributed by atoms with Crippen molar-refractivity contribution in [2.24, 2.45) is 0 Å². The van der Waals surface area contributed by atoms with Crippen LogP contribution in [-0.2, 0) is 16.1 Å². The fourth-order valence-corrected chi connectivity index (χ4v) is 1.10. The van der Waals surface area contributed by atoms with E-state index < -0.39 is 5.97 Å². The number of hydrogen-bond acceptors (Lipinski definition) is 3. The lowest BCUT2D eigenvalue weighted by atomic mass is 10.3. The quantitative estimate of drug-likeness (QED) is 0.730. The largest absolute Gasteiger partial charge is 0.481 e. The molecule has 0 unspecified atom stereocenters. The van der Waals surface area contributed by atoms with Crippen LogP contribution in [0.2, 0.25) is 0 Å². The van der Waals surface area contributed by atoms with Crippen molar-refractivity contribution in [2.75, 3.05) is 7.05 Å². The molecule has 0 atom stereocenters. The first-order valence-electron chi connectivity index (χ1n) is 4.53. The minimum atomic E-state index is -0.963. The summed E-state index contributed by atoms with van der Waals surface area (Å²) >= 11 is 0. The van der Waals surface area contributed by atoms with Gasteiger partial charge in [-0.15, -0.1) is 0 Å². The molecule has 82 valence electrons. The van der Waals surface area contributed by atoms with Crippen molar-refractivity contribution in [3.05, 3.63) is 18.2 Å². The van der Waals surface area contributed by atoms with Gasteiger partial charge in [-0.05, 0) is 0 Å². The second-order valence-corrected chi connectivity index (χ2v) is 3.18. The van der Waals surface area contributed by atoms with E-state index in [0.29, 0.717) is 12.4 Å². The Balaban J connectivity index is 2.36. The minimum Gasteiger partial charge on any atom is -0.481 e. The SMILES string of the molecule is CN(Cc1ncc[nH]1)C(=O)CCC(=O)O. The van der Waals surface area contributed by atoms with E-state index in [4.69, 9.17) is 5.11 Å². The number of carbonyl (C=O) groups is 2. The van der Waals surface area contributed by atoms with Gasteiger partial charge in [0, 0.05) is 25.9 Å². The van der Waals surface area contributed by atoms with E-state index in [9.17, 15) is 9.59 Å². The molecule has 15 heavy (non-hydrogen) atoms. The highest BCUT2D eigenvalue weighted by Crippen LogP contribution is 2.00. The maximum absolute atomic E-state index is 11.4. The number of aromatic amines is 1. The van der Waals surface area contributed by atoms with Crippen LogP contribution in [0.15, 0.2) is 12.4 Å². The smallest absolute Gasteiger partial charge is 0.303 e. The third-order valence-corrected chi connectivity index (χ3v) is 1.92. The second kappa shape index (κ2) is 5.14. The van der Waals surface area contributed by atoms with Crippen molar-refractivity contribution in [1.82, 2.24) is 14.9 Å². The predicted octanol–water partition coefficient (Wildman–Crippen LogP) is 0.233. The van der Waals surface area contributed by atoms with Gasteiger partial charge in [-0.1, -0.05) is 0 Å². The fraction of sp³-hybridized carbons (Fsp3) is 0.444. The van der Waals surface area contributed by atoms with Gasteiger partial charge in [0.1, 0.15) is 5.82 Å². The Morgan fingerprint density at radius 3 is 2.80 bits per heavy atom. The molecule has 0 fully saturated rings. The Bertz CT molecular complexity index is 334. The van der Waals surface area contributed by atoms with E-state index in [0.717, 1.165) is 0 Å². The Morgan fingerprint density at radius 1 is 1.53 bits per heavy atom. The molecule has 2 N–H and O–H groups in total. The number of H-pyrrole nitrogens is 1. The lowest BCUT2D eigenvalue weighted by Gasteiger charge is -2.14. The minimum absolute atomic E-state index is 0.0204. The van der Waals surface area contributed by atoms with Crippen molar-refractivity contribution < 1.29 is 14.7 Å². The average molecular weight is 211 g/mol. The predicted molar refractivity (Wildman–Crippen MR) is 51.9 cm³/mol. The zero-order valence-electron chi connectivity index (χ0n) is 8.43. The standard InChI is InChI=1S/C9H13N3O3/c1-12(6-7-10-4-5-11-7)8(13)2-3-9(14)15/h4-5H,2-3,6H2,1H3,(H,10,11)(H,14,15). The molecule has 6 nitrogen and oxygen atoms in total. The van der Waals surface area contributed by atoms with E-state index in [2.05, 4.69) is 9.97 Å². The molecule has 6 heteroatoms. The summed E-state index contributed by atoms with van der Waals surface area (Å²) in [5, 5.41) is 8.41. The van der Waals surface area contributed by atoms with Crippen LogP contribution in [0.3, 0.4) is 0 Å². The van der Waals surface area contributed by atoms with Gasteiger partial charge < -0.3 is 15.0 Å². The third kappa shape index (κ3) is 3.80. The molecule has 0 radical (unpaired) electrons. The number of nitrogens with one attached hydrogen (secondary N) is 1. The molecule has 1 rings (SSSR count). The summed E-state index contributed by atoms with van der Waals surface area (Å²) in [5.41, 5.74) is 0. The first-order chi connectivity index (χ1) is 7.09. The molecule has 0 bridgehead atoms. The van der Waals surface area contributed by atoms with Crippen LogP contribution in [0, 0.1) is 0 Å². The summed E-state index contributed by atoms with van der Waals surface area (Å²) in [6.07, 6.45) is 3.16. The van der Waals surface area contributed by atoms with Crippen LogP contribution >= 0.6 is 0 Å². The molecule has 0 aromatic carbocycles. The number of carbonyl (C=O) groups excluding carboxylic acids is 1. The van der Waals surface area contributed by atoms with E-state index >= 15 is 0 Å². The fourth-order valence-electron chi connectivity index (χ4n) is 1.10. The highest BCUT2D eigenvalue weighted by atomic mass is 16.4. The highest BCUT2D eigenvalue weighted by molar-refractivity contribution is 5.80. The number of imidazole rings is 1. The topological polar surface area (TPSA) is 86.3 Å². The molecule has 0 aliphatic heterocycles. The lowest BCUT2D eigenvalue weighted by molar-refractivity contribution is -0.140. The van der Waals surface area contributed by atoms with Crippen molar-refractivity contribution in [1.29, 1.82) is 0 Å². The van der Waals surface area contributed by atoms with Crippen molar-refractivity contribution >= 4 is 11.9 Å². The second-order valence-electron chi connectivity index (χ2n) is 3.18. The highest BCUT2D eigenvalue weighted by Gasteiger charge is 2.11. The van der Waals surface area contributed by atoms with Crippen LogP contribution in [0.4, 0.5) is 0 Å². The van der Waals surface area contributed by atoms with Gasteiger partial charge in [-0.3, -0.25) is 9.59 Å². The first-order valence-corrected chi connectivity index (χ1v) is 4.53. The Labute approximate surface area is 86.9 Å². The maximum atomic E-state index is 11.4. The number of carboxylic acid groups (broad SMARTS) is 1. The Morgan fingerprint density at radius 2 is 2.27 bits per heavy atom. The van der Waals surface area contributed by atoms with Gasteiger partial charge >= 0.3 is 5.97 Å². The Kier molecular flexibility index (Phi) is 3.84. The number of rotatable bonds is 5. The number of carboxylic acids is 1. The molecule has 1 aromatic rings. The molecule has 0 aliphatic rings. The van der Waals surface area contributed by atoms with Crippen molar-refractivity contribution in [3.63, 3.8) is 0 Å². The molecule has 1 heterocycles. The van der Waals surface area contributed by atoms with Crippen LogP contribution in [0.25, 0.3) is 0 Å². The monoisotopic (exact) mass is 211 g/mol. The Hall–Kier alpha value is -1.85. The molecule has 0 spiro atoms. The van der Waals surface area contributed by atoms with E-state index in [1.807, 2.05) is 0 Å². The molecular weight excluding hydrogens is 198 g/mol. The van der Waals surface area contributed by atoms with Gasteiger partial charge in [-0.25, -0.2) is 4.98 Å². The third-order valence-electron chi connectivity index (χ3n) is 1.92. The number of hydrogen-bond donors (Lipinski definition) is 2. The van der Waals surface area contributed by atoms with Gasteiger partial charge in [0.2, 0.25) is 5.91 Å². The lowest BCUT2D eigenvalue weighted by Crippen LogP contribution is -2.27. The molecule has 1 amide bonds. The normalized spacial score (nSPS) is 9.93. The number of amides is 1. The van der Waals surface area contributed by atoms with Crippen molar-refractivity contribution in [2.45, 2.75) is 19.4 Å². The summed E-state index contributed by atoms with van der Waals surface area (Å²) in [6.45, 7) is 0.367. The van der Waals surface area contributed by atoms with Crippen LogP contribution in [0.5, 0.6) is 0 Å². The molecular formula is C9H13N3O3. The van der Waals surface area contributed by atoms with Gasteiger partial charge in [-0.2, -0.15) is 0 Å². The summed E-state index contributed by atoms with van der Waals surface area (Å²) in [5.74, 6) is -0.482. The van der Waals surface area contributed by atoms with Crippen LogP contribution < -0.4 is 0 Å².